The molecule has 7 heteroatoms. The molecule has 1 heterocycles. The highest BCUT2D eigenvalue weighted by molar-refractivity contribution is 5.96. The fourth-order valence-electron chi connectivity index (χ4n) is 2.84. The van der Waals surface area contributed by atoms with Gasteiger partial charge in [-0.2, -0.15) is 0 Å². The van der Waals surface area contributed by atoms with E-state index in [2.05, 4.69) is 5.32 Å². The Hall–Kier alpha value is -2.80. The number of hydrogen-bond acceptors (Lipinski definition) is 2. The number of nitrogens with one attached hydrogen (secondary N) is 1. The Labute approximate surface area is 148 Å². The highest BCUT2D eigenvalue weighted by Gasteiger charge is 2.15. The maximum Gasteiger partial charge on any atom is 0.228 e. The van der Waals surface area contributed by atoms with Crippen LogP contribution in [-0.4, -0.2) is 24.2 Å². The number of rotatable bonds is 6. The van der Waals surface area contributed by atoms with Crippen molar-refractivity contribution in [3.63, 3.8) is 0 Å². The molecular formula is C19H17F3N2O2. The van der Waals surface area contributed by atoms with E-state index in [1.807, 2.05) is 35.0 Å². The minimum Gasteiger partial charge on any atom is -0.383 e. The lowest BCUT2D eigenvalue weighted by Crippen LogP contribution is -2.15. The third-order valence-electron chi connectivity index (χ3n) is 4.03. The molecule has 26 heavy (non-hydrogen) atoms. The largest absolute Gasteiger partial charge is 0.383 e. The van der Waals surface area contributed by atoms with Gasteiger partial charge >= 0.3 is 0 Å². The van der Waals surface area contributed by atoms with Crippen molar-refractivity contribution < 1.29 is 22.7 Å². The van der Waals surface area contributed by atoms with E-state index in [0.717, 1.165) is 28.6 Å². The van der Waals surface area contributed by atoms with Crippen molar-refractivity contribution >= 4 is 22.5 Å². The molecule has 0 aliphatic rings. The number of amides is 1. The molecule has 3 rings (SSSR count). The van der Waals surface area contributed by atoms with Gasteiger partial charge in [-0.3, -0.25) is 4.79 Å². The predicted molar refractivity (Wildman–Crippen MR) is 92.5 cm³/mol. The summed E-state index contributed by atoms with van der Waals surface area (Å²) in [7, 11) is 1.61. The lowest BCUT2D eigenvalue weighted by atomic mass is 10.1. The van der Waals surface area contributed by atoms with Gasteiger partial charge in [0, 0.05) is 48.6 Å². The van der Waals surface area contributed by atoms with Gasteiger partial charge in [0.05, 0.1) is 13.0 Å². The van der Waals surface area contributed by atoms with Crippen LogP contribution in [0.4, 0.5) is 18.9 Å². The average molecular weight is 362 g/mol. The molecule has 0 aliphatic heterocycles. The van der Waals surface area contributed by atoms with Crippen molar-refractivity contribution in [2.45, 2.75) is 13.0 Å². The molecule has 0 saturated carbocycles. The normalized spacial score (nSPS) is 11.1. The Morgan fingerprint density at radius 3 is 2.54 bits per heavy atom. The topological polar surface area (TPSA) is 43.3 Å². The number of aromatic nitrogens is 1. The molecule has 0 fully saturated rings. The molecule has 3 aromatic rings. The second-order valence-corrected chi connectivity index (χ2v) is 5.84. The van der Waals surface area contributed by atoms with Gasteiger partial charge in [-0.25, -0.2) is 13.2 Å². The summed E-state index contributed by atoms with van der Waals surface area (Å²) < 4.78 is 46.6. The molecule has 1 amide bonds. The maximum absolute atomic E-state index is 13.3. The van der Waals surface area contributed by atoms with E-state index < -0.39 is 23.4 Å². The van der Waals surface area contributed by atoms with Crippen LogP contribution < -0.4 is 5.32 Å². The number of para-hydroxylation sites is 1. The summed E-state index contributed by atoms with van der Waals surface area (Å²) in [6, 6.07) is 9.11. The van der Waals surface area contributed by atoms with Crippen molar-refractivity contribution in [2.75, 3.05) is 19.0 Å². The predicted octanol–water partition coefficient (Wildman–Crippen LogP) is 3.89. The molecule has 0 atom stereocenters. The summed E-state index contributed by atoms with van der Waals surface area (Å²) in [5.74, 6) is -4.72. The van der Waals surface area contributed by atoms with E-state index in [1.165, 1.54) is 0 Å². The van der Waals surface area contributed by atoms with Gasteiger partial charge in [0.15, 0.2) is 17.5 Å². The van der Waals surface area contributed by atoms with Crippen LogP contribution in [-0.2, 0) is 22.5 Å². The number of halogens is 3. The van der Waals surface area contributed by atoms with Crippen LogP contribution in [0.25, 0.3) is 10.9 Å². The number of benzene rings is 2. The summed E-state index contributed by atoms with van der Waals surface area (Å²) in [5.41, 5.74) is 1.61. The molecular weight excluding hydrogens is 345 g/mol. The zero-order chi connectivity index (χ0) is 18.7. The second kappa shape index (κ2) is 7.61. The van der Waals surface area contributed by atoms with Crippen LogP contribution in [0.15, 0.2) is 42.6 Å². The van der Waals surface area contributed by atoms with Crippen molar-refractivity contribution in [3.05, 3.63) is 65.6 Å². The monoisotopic (exact) mass is 362 g/mol. The summed E-state index contributed by atoms with van der Waals surface area (Å²) >= 11 is 0. The first-order chi connectivity index (χ1) is 12.5. The van der Waals surface area contributed by atoms with Gasteiger partial charge < -0.3 is 14.6 Å². The molecule has 2 aromatic carbocycles. The molecule has 1 N–H and O–H groups in total. The molecule has 0 saturated heterocycles. The SMILES string of the molecule is COCCn1cc(CC(=O)Nc2cc(F)c(F)c(F)c2)c2ccccc21. The quantitative estimate of drug-likeness (QED) is 0.676. The van der Waals surface area contributed by atoms with E-state index >= 15 is 0 Å². The molecule has 0 bridgehead atoms. The number of carbonyl (C=O) groups is 1. The first-order valence-corrected chi connectivity index (χ1v) is 7.99. The lowest BCUT2D eigenvalue weighted by molar-refractivity contribution is -0.115. The number of ether oxygens (including phenoxy) is 1. The molecule has 0 aliphatic carbocycles. The Morgan fingerprint density at radius 2 is 1.85 bits per heavy atom. The summed E-state index contributed by atoms with van der Waals surface area (Å²) in [6.45, 7) is 1.16. The third-order valence-corrected chi connectivity index (χ3v) is 4.03. The summed E-state index contributed by atoms with van der Waals surface area (Å²) in [5, 5.41) is 3.31. The molecule has 0 unspecified atom stereocenters. The zero-order valence-electron chi connectivity index (χ0n) is 14.1. The van der Waals surface area contributed by atoms with E-state index in [-0.39, 0.29) is 12.1 Å². The minimum absolute atomic E-state index is 0.0150. The van der Waals surface area contributed by atoms with Gasteiger partial charge in [0.1, 0.15) is 0 Å². The molecule has 0 radical (unpaired) electrons. The number of carbonyl (C=O) groups excluding carboxylic acids is 1. The lowest BCUT2D eigenvalue weighted by Gasteiger charge is -2.06. The smallest absolute Gasteiger partial charge is 0.228 e. The van der Waals surface area contributed by atoms with Gasteiger partial charge in [-0.05, 0) is 11.6 Å². The zero-order valence-corrected chi connectivity index (χ0v) is 14.1. The first-order valence-electron chi connectivity index (χ1n) is 7.99. The second-order valence-electron chi connectivity index (χ2n) is 5.84. The van der Waals surface area contributed by atoms with Crippen LogP contribution in [0.5, 0.6) is 0 Å². The van der Waals surface area contributed by atoms with Gasteiger partial charge in [-0.15, -0.1) is 0 Å². The molecule has 136 valence electrons. The number of methoxy groups -OCH3 is 1. The number of hydrogen-bond donors (Lipinski definition) is 1. The Kier molecular flexibility index (Phi) is 5.27. The van der Waals surface area contributed by atoms with Crippen molar-refractivity contribution in [3.8, 4) is 0 Å². The Balaban J connectivity index is 1.81. The van der Waals surface area contributed by atoms with Crippen LogP contribution in [0.3, 0.4) is 0 Å². The first kappa shape index (κ1) is 18.0. The van der Waals surface area contributed by atoms with Gasteiger partial charge in [-0.1, -0.05) is 18.2 Å². The Morgan fingerprint density at radius 1 is 1.15 bits per heavy atom. The fraction of sp³-hybridized carbons (Fsp3) is 0.211. The van der Waals surface area contributed by atoms with E-state index in [9.17, 15) is 18.0 Å². The van der Waals surface area contributed by atoms with E-state index in [0.29, 0.717) is 13.2 Å². The van der Waals surface area contributed by atoms with Crippen molar-refractivity contribution in [1.82, 2.24) is 4.57 Å². The summed E-state index contributed by atoms with van der Waals surface area (Å²) in [4.78, 5) is 12.3. The number of fused-ring (bicyclic) bond motifs is 1. The average Bonchev–Trinajstić information content (AvgIpc) is 2.95. The van der Waals surface area contributed by atoms with Crippen LogP contribution in [0.2, 0.25) is 0 Å². The molecule has 0 spiro atoms. The highest BCUT2D eigenvalue weighted by Crippen LogP contribution is 2.23. The van der Waals surface area contributed by atoms with Crippen molar-refractivity contribution in [1.29, 1.82) is 0 Å². The fourth-order valence-corrected chi connectivity index (χ4v) is 2.84. The summed E-state index contributed by atoms with van der Waals surface area (Å²) in [6.07, 6.45) is 1.87. The maximum atomic E-state index is 13.3. The van der Waals surface area contributed by atoms with Gasteiger partial charge in [0.2, 0.25) is 5.91 Å². The highest BCUT2D eigenvalue weighted by atomic mass is 19.2. The van der Waals surface area contributed by atoms with Crippen LogP contribution in [0, 0.1) is 17.5 Å². The number of anilines is 1. The third kappa shape index (κ3) is 3.72. The van der Waals surface area contributed by atoms with Gasteiger partial charge in [0.25, 0.3) is 0 Å². The van der Waals surface area contributed by atoms with Crippen LogP contribution >= 0.6 is 0 Å². The molecule has 1 aromatic heterocycles. The number of nitrogens with zero attached hydrogens (tertiary/aromatic N) is 1. The standard InChI is InChI=1S/C19H17F3N2O2/c1-26-7-6-24-11-12(14-4-2-3-5-17(14)24)8-18(25)23-13-9-15(20)19(22)16(21)10-13/h2-5,9-11H,6-8H2,1H3,(H,23,25). The van der Waals surface area contributed by atoms with Crippen molar-refractivity contribution in [2.24, 2.45) is 0 Å². The Bertz CT molecular complexity index is 930. The molecule has 4 nitrogen and oxygen atoms in total. The van der Waals surface area contributed by atoms with E-state index in [4.69, 9.17) is 4.74 Å². The van der Waals surface area contributed by atoms with Crippen LogP contribution in [0.1, 0.15) is 5.56 Å². The van der Waals surface area contributed by atoms with E-state index in [1.54, 1.807) is 7.11 Å². The minimum atomic E-state index is -1.57.